The van der Waals surface area contributed by atoms with Crippen molar-refractivity contribution >= 4 is 17.8 Å². The zero-order valence-corrected chi connectivity index (χ0v) is 9.80. The van der Waals surface area contributed by atoms with E-state index >= 15 is 0 Å². The summed E-state index contributed by atoms with van der Waals surface area (Å²) in [5.74, 6) is -0.197. The van der Waals surface area contributed by atoms with E-state index in [1.54, 1.807) is 19.9 Å². The first-order valence-electron chi connectivity index (χ1n) is 5.32. The van der Waals surface area contributed by atoms with Crippen LogP contribution >= 0.6 is 0 Å². The highest BCUT2D eigenvalue weighted by atomic mass is 16.2. The van der Waals surface area contributed by atoms with Gasteiger partial charge < -0.3 is 5.73 Å². The fraction of sp³-hybridized carbons (Fsp3) is 0.455. The van der Waals surface area contributed by atoms with E-state index in [4.69, 9.17) is 5.73 Å². The molecule has 1 saturated heterocycles. The summed E-state index contributed by atoms with van der Waals surface area (Å²) < 4.78 is 0. The van der Waals surface area contributed by atoms with Gasteiger partial charge in [0, 0.05) is 12.6 Å². The summed E-state index contributed by atoms with van der Waals surface area (Å²) in [7, 11) is 0. The van der Waals surface area contributed by atoms with Gasteiger partial charge in [-0.25, -0.2) is 9.97 Å². The van der Waals surface area contributed by atoms with Crippen molar-refractivity contribution in [1.29, 1.82) is 0 Å². The van der Waals surface area contributed by atoms with E-state index < -0.39 is 5.41 Å². The summed E-state index contributed by atoms with van der Waals surface area (Å²) >= 11 is 0. The van der Waals surface area contributed by atoms with Crippen LogP contribution in [0, 0.1) is 5.41 Å². The normalized spacial score (nSPS) is 18.8. The Kier molecular flexibility index (Phi) is 2.57. The van der Waals surface area contributed by atoms with Gasteiger partial charge in [0.1, 0.15) is 0 Å². The Bertz CT molecular complexity index is 484. The predicted molar refractivity (Wildman–Crippen MR) is 60.4 cm³/mol. The molecule has 0 radical (unpaired) electrons. The predicted octanol–water partition coefficient (Wildman–Crippen LogP) is 0.344. The van der Waals surface area contributed by atoms with Crippen molar-refractivity contribution in [2.75, 3.05) is 5.73 Å². The molecule has 1 aliphatic heterocycles. The molecule has 6 nitrogen and oxygen atoms in total. The Morgan fingerprint density at radius 3 is 2.71 bits per heavy atom. The van der Waals surface area contributed by atoms with Gasteiger partial charge in [-0.15, -0.1) is 0 Å². The smallest absolute Gasteiger partial charge is 0.235 e. The topological polar surface area (TPSA) is 89.2 Å². The highest BCUT2D eigenvalue weighted by Gasteiger charge is 2.44. The zero-order chi connectivity index (χ0) is 12.6. The third-order valence-electron chi connectivity index (χ3n) is 2.77. The molecule has 0 bridgehead atoms. The number of nitrogen functional groups attached to an aromatic ring is 1. The molecular weight excluding hydrogens is 220 g/mol. The fourth-order valence-electron chi connectivity index (χ4n) is 1.85. The van der Waals surface area contributed by atoms with E-state index in [-0.39, 0.29) is 30.7 Å². The molecule has 2 N–H and O–H groups in total. The monoisotopic (exact) mass is 234 g/mol. The summed E-state index contributed by atoms with van der Waals surface area (Å²) in [6, 6.07) is 1.64. The average molecular weight is 234 g/mol. The van der Waals surface area contributed by atoms with E-state index in [0.717, 1.165) is 0 Å². The zero-order valence-electron chi connectivity index (χ0n) is 9.80. The maximum Gasteiger partial charge on any atom is 0.235 e. The van der Waals surface area contributed by atoms with Crippen LogP contribution in [0.3, 0.4) is 0 Å². The van der Waals surface area contributed by atoms with Crippen LogP contribution in [0.5, 0.6) is 0 Å². The molecule has 1 aromatic heterocycles. The lowest BCUT2D eigenvalue weighted by molar-refractivity contribution is -0.141. The number of nitrogens with two attached hydrogens (primary N) is 1. The SMILES string of the molecule is CC1(C)CC(=O)N(Cc2ccnc(N)n2)C1=O. The quantitative estimate of drug-likeness (QED) is 0.745. The molecule has 6 heteroatoms. The van der Waals surface area contributed by atoms with Gasteiger partial charge in [-0.05, 0) is 6.07 Å². The second kappa shape index (κ2) is 3.80. The van der Waals surface area contributed by atoms with Gasteiger partial charge in [0.15, 0.2) is 0 Å². The first-order chi connectivity index (χ1) is 7.90. The first kappa shape index (κ1) is 11.5. The molecule has 2 rings (SSSR count). The molecule has 0 unspecified atom stereocenters. The van der Waals surface area contributed by atoms with E-state index in [0.29, 0.717) is 5.69 Å². The lowest BCUT2D eigenvalue weighted by atomic mass is 9.92. The minimum Gasteiger partial charge on any atom is -0.368 e. The number of anilines is 1. The Morgan fingerprint density at radius 1 is 1.47 bits per heavy atom. The van der Waals surface area contributed by atoms with Crippen LogP contribution in [-0.2, 0) is 16.1 Å². The van der Waals surface area contributed by atoms with E-state index in [9.17, 15) is 9.59 Å². The number of rotatable bonds is 2. The Labute approximate surface area is 98.8 Å². The van der Waals surface area contributed by atoms with Crippen LogP contribution in [-0.4, -0.2) is 26.7 Å². The Balaban J connectivity index is 2.20. The molecule has 90 valence electrons. The molecule has 1 fully saturated rings. The molecular formula is C11H14N4O2. The standard InChI is InChI=1S/C11H14N4O2/c1-11(2)5-8(16)15(9(11)17)6-7-3-4-13-10(12)14-7/h3-4H,5-6H2,1-2H3,(H2,12,13,14). The molecule has 0 atom stereocenters. The van der Waals surface area contributed by atoms with Gasteiger partial charge in [0.25, 0.3) is 0 Å². The fourth-order valence-corrected chi connectivity index (χ4v) is 1.85. The average Bonchev–Trinajstić information content (AvgIpc) is 2.41. The van der Waals surface area contributed by atoms with Crippen molar-refractivity contribution in [2.45, 2.75) is 26.8 Å². The Hall–Kier alpha value is -1.98. The number of nitrogens with zero attached hydrogens (tertiary/aromatic N) is 3. The van der Waals surface area contributed by atoms with Crippen molar-refractivity contribution in [1.82, 2.24) is 14.9 Å². The molecule has 0 aliphatic carbocycles. The number of hydrogen-bond donors (Lipinski definition) is 1. The second-order valence-electron chi connectivity index (χ2n) is 4.75. The van der Waals surface area contributed by atoms with Gasteiger partial charge >= 0.3 is 0 Å². The van der Waals surface area contributed by atoms with Crippen LogP contribution in [0.25, 0.3) is 0 Å². The van der Waals surface area contributed by atoms with Crippen molar-refractivity contribution in [2.24, 2.45) is 5.41 Å². The van der Waals surface area contributed by atoms with Gasteiger partial charge in [-0.1, -0.05) is 13.8 Å². The molecule has 0 aromatic carbocycles. The number of amides is 2. The highest BCUT2D eigenvalue weighted by molar-refractivity contribution is 6.05. The number of carbonyl (C=O) groups excluding carboxylic acids is 2. The molecule has 2 heterocycles. The first-order valence-corrected chi connectivity index (χ1v) is 5.32. The molecule has 0 saturated carbocycles. The Morgan fingerprint density at radius 2 is 2.18 bits per heavy atom. The van der Waals surface area contributed by atoms with E-state index in [1.807, 2.05) is 0 Å². The van der Waals surface area contributed by atoms with Gasteiger partial charge in [-0.3, -0.25) is 14.5 Å². The largest absolute Gasteiger partial charge is 0.368 e. The van der Waals surface area contributed by atoms with Gasteiger partial charge in [0.2, 0.25) is 17.8 Å². The summed E-state index contributed by atoms with van der Waals surface area (Å²) in [6.45, 7) is 3.69. The number of imide groups is 1. The maximum absolute atomic E-state index is 12.0. The summed E-state index contributed by atoms with van der Waals surface area (Å²) in [6.07, 6.45) is 1.75. The number of carbonyl (C=O) groups is 2. The summed E-state index contributed by atoms with van der Waals surface area (Å²) in [5.41, 5.74) is 5.40. The third-order valence-corrected chi connectivity index (χ3v) is 2.77. The lowest BCUT2D eigenvalue weighted by Crippen LogP contribution is -2.32. The third kappa shape index (κ3) is 2.11. The highest BCUT2D eigenvalue weighted by Crippen LogP contribution is 2.32. The van der Waals surface area contributed by atoms with Crippen LogP contribution in [0.4, 0.5) is 5.95 Å². The lowest BCUT2D eigenvalue weighted by Gasteiger charge is -2.17. The molecule has 17 heavy (non-hydrogen) atoms. The minimum absolute atomic E-state index is 0.140. The number of likely N-dealkylation sites (tertiary alicyclic amines) is 1. The van der Waals surface area contributed by atoms with Crippen molar-refractivity contribution in [3.63, 3.8) is 0 Å². The minimum atomic E-state index is -0.615. The molecule has 1 aromatic rings. The molecule has 1 aliphatic rings. The maximum atomic E-state index is 12.0. The van der Waals surface area contributed by atoms with E-state index in [2.05, 4.69) is 9.97 Å². The van der Waals surface area contributed by atoms with Crippen LogP contribution in [0.1, 0.15) is 26.0 Å². The number of hydrogen-bond acceptors (Lipinski definition) is 5. The van der Waals surface area contributed by atoms with Gasteiger partial charge in [0.05, 0.1) is 17.7 Å². The van der Waals surface area contributed by atoms with Crippen LogP contribution < -0.4 is 5.73 Å². The van der Waals surface area contributed by atoms with Crippen molar-refractivity contribution in [3.8, 4) is 0 Å². The number of aromatic nitrogens is 2. The van der Waals surface area contributed by atoms with Gasteiger partial charge in [-0.2, -0.15) is 0 Å². The second-order valence-corrected chi connectivity index (χ2v) is 4.75. The van der Waals surface area contributed by atoms with E-state index in [1.165, 1.54) is 11.1 Å². The summed E-state index contributed by atoms with van der Waals surface area (Å²) in [5, 5.41) is 0. The van der Waals surface area contributed by atoms with Crippen LogP contribution in [0.2, 0.25) is 0 Å². The summed E-state index contributed by atoms with van der Waals surface area (Å²) in [4.78, 5) is 32.6. The molecule has 2 amide bonds. The van der Waals surface area contributed by atoms with Crippen molar-refractivity contribution in [3.05, 3.63) is 18.0 Å². The van der Waals surface area contributed by atoms with Crippen molar-refractivity contribution < 1.29 is 9.59 Å². The van der Waals surface area contributed by atoms with Crippen LogP contribution in [0.15, 0.2) is 12.3 Å². The molecule has 0 spiro atoms.